The van der Waals surface area contributed by atoms with Crippen molar-refractivity contribution in [2.75, 3.05) is 11.4 Å². The summed E-state index contributed by atoms with van der Waals surface area (Å²) in [5.74, 6) is 0.151. The Labute approximate surface area is 131 Å². The molecule has 1 aromatic carbocycles. The van der Waals surface area contributed by atoms with E-state index in [2.05, 4.69) is 41.9 Å². The molecule has 0 saturated carbocycles. The standard InChI is InChI=1S/C19H20N2O/c1-4-21-12-17(14(3)22)9-16-6-5-15(10-19(16)21)18-7-8-20-11-13(18)2/h5-8,10-12H,4,9H2,1-3H3. The van der Waals surface area contributed by atoms with E-state index in [1.807, 2.05) is 24.7 Å². The summed E-state index contributed by atoms with van der Waals surface area (Å²) < 4.78 is 0. The lowest BCUT2D eigenvalue weighted by molar-refractivity contribution is -0.113. The smallest absolute Gasteiger partial charge is 0.157 e. The molecule has 0 N–H and O–H groups in total. The van der Waals surface area contributed by atoms with Crippen molar-refractivity contribution in [3.05, 3.63) is 59.6 Å². The van der Waals surface area contributed by atoms with Gasteiger partial charge in [0.1, 0.15) is 0 Å². The van der Waals surface area contributed by atoms with Crippen molar-refractivity contribution in [3.8, 4) is 11.1 Å². The number of hydrogen-bond donors (Lipinski definition) is 0. The number of hydrogen-bond acceptors (Lipinski definition) is 3. The lowest BCUT2D eigenvalue weighted by atomic mass is 9.93. The van der Waals surface area contributed by atoms with Crippen LogP contribution in [0.4, 0.5) is 5.69 Å². The van der Waals surface area contributed by atoms with E-state index in [1.54, 1.807) is 6.92 Å². The van der Waals surface area contributed by atoms with E-state index in [-0.39, 0.29) is 5.78 Å². The van der Waals surface area contributed by atoms with Gasteiger partial charge in [0.15, 0.2) is 5.78 Å². The van der Waals surface area contributed by atoms with Gasteiger partial charge >= 0.3 is 0 Å². The number of aryl methyl sites for hydroxylation is 1. The van der Waals surface area contributed by atoms with E-state index < -0.39 is 0 Å². The zero-order chi connectivity index (χ0) is 15.7. The Hall–Kier alpha value is -2.42. The van der Waals surface area contributed by atoms with Crippen molar-refractivity contribution < 1.29 is 4.79 Å². The molecule has 22 heavy (non-hydrogen) atoms. The van der Waals surface area contributed by atoms with Crippen molar-refractivity contribution >= 4 is 11.5 Å². The molecule has 2 heterocycles. The average molecular weight is 292 g/mol. The van der Waals surface area contributed by atoms with Crippen LogP contribution in [-0.2, 0) is 11.2 Å². The van der Waals surface area contributed by atoms with Gasteiger partial charge in [-0.25, -0.2) is 0 Å². The number of pyridine rings is 1. The van der Waals surface area contributed by atoms with Gasteiger partial charge < -0.3 is 4.90 Å². The normalized spacial score (nSPS) is 13.6. The first-order valence-corrected chi connectivity index (χ1v) is 7.62. The first-order chi connectivity index (χ1) is 10.6. The summed E-state index contributed by atoms with van der Waals surface area (Å²) in [6.07, 6.45) is 6.43. The zero-order valence-electron chi connectivity index (χ0n) is 13.3. The van der Waals surface area contributed by atoms with Gasteiger partial charge in [-0.1, -0.05) is 12.1 Å². The summed E-state index contributed by atoms with van der Waals surface area (Å²) in [5.41, 5.74) is 6.85. The van der Waals surface area contributed by atoms with Crippen LogP contribution in [0.15, 0.2) is 48.4 Å². The molecule has 0 fully saturated rings. The lowest BCUT2D eigenvalue weighted by Gasteiger charge is -2.28. The van der Waals surface area contributed by atoms with Gasteiger partial charge in [0, 0.05) is 42.8 Å². The number of nitrogens with zero attached hydrogens (tertiary/aromatic N) is 2. The maximum absolute atomic E-state index is 11.7. The van der Waals surface area contributed by atoms with Crippen LogP contribution in [0.2, 0.25) is 0 Å². The highest BCUT2D eigenvalue weighted by Gasteiger charge is 2.19. The predicted octanol–water partition coefficient (Wildman–Crippen LogP) is 3.91. The maximum atomic E-state index is 11.7. The summed E-state index contributed by atoms with van der Waals surface area (Å²) in [7, 11) is 0. The molecule has 0 aliphatic carbocycles. The van der Waals surface area contributed by atoms with Crippen molar-refractivity contribution in [1.82, 2.24) is 4.98 Å². The summed E-state index contributed by atoms with van der Waals surface area (Å²) >= 11 is 0. The van der Waals surface area contributed by atoms with E-state index in [1.165, 1.54) is 27.9 Å². The Kier molecular flexibility index (Phi) is 3.80. The highest BCUT2D eigenvalue weighted by Crippen LogP contribution is 2.34. The van der Waals surface area contributed by atoms with Crippen LogP contribution in [0.5, 0.6) is 0 Å². The molecule has 3 heteroatoms. The van der Waals surface area contributed by atoms with E-state index >= 15 is 0 Å². The van der Waals surface area contributed by atoms with E-state index in [0.717, 1.165) is 18.5 Å². The molecule has 0 radical (unpaired) electrons. The average Bonchev–Trinajstić information content (AvgIpc) is 2.53. The van der Waals surface area contributed by atoms with Gasteiger partial charge in [-0.3, -0.25) is 9.78 Å². The molecular weight excluding hydrogens is 272 g/mol. The van der Waals surface area contributed by atoms with Crippen molar-refractivity contribution in [1.29, 1.82) is 0 Å². The van der Waals surface area contributed by atoms with Crippen LogP contribution >= 0.6 is 0 Å². The van der Waals surface area contributed by atoms with Gasteiger partial charge in [-0.2, -0.15) is 0 Å². The highest BCUT2D eigenvalue weighted by molar-refractivity contribution is 5.95. The zero-order valence-corrected chi connectivity index (χ0v) is 13.3. The van der Waals surface area contributed by atoms with Gasteiger partial charge in [0.2, 0.25) is 0 Å². The Morgan fingerprint density at radius 1 is 1.32 bits per heavy atom. The summed E-state index contributed by atoms with van der Waals surface area (Å²) in [6.45, 7) is 6.67. The quantitative estimate of drug-likeness (QED) is 0.860. The first kappa shape index (κ1) is 14.5. The molecule has 3 nitrogen and oxygen atoms in total. The largest absolute Gasteiger partial charge is 0.348 e. The minimum absolute atomic E-state index is 0.151. The molecule has 2 aromatic rings. The Morgan fingerprint density at radius 3 is 2.82 bits per heavy atom. The second-order valence-electron chi connectivity index (χ2n) is 5.71. The van der Waals surface area contributed by atoms with Gasteiger partial charge in [0.05, 0.1) is 0 Å². The third kappa shape index (κ3) is 2.54. The predicted molar refractivity (Wildman–Crippen MR) is 89.9 cm³/mol. The molecule has 1 aliphatic rings. The number of benzene rings is 1. The fourth-order valence-electron chi connectivity index (χ4n) is 2.93. The molecule has 0 amide bonds. The second kappa shape index (κ2) is 5.76. The number of Topliss-reactive ketones (excluding diaryl/α,β-unsaturated/α-hetero) is 1. The molecule has 0 saturated heterocycles. The highest BCUT2D eigenvalue weighted by atomic mass is 16.1. The fourth-order valence-corrected chi connectivity index (χ4v) is 2.93. The van der Waals surface area contributed by atoms with E-state index in [4.69, 9.17) is 0 Å². The molecule has 112 valence electrons. The topological polar surface area (TPSA) is 33.2 Å². The second-order valence-corrected chi connectivity index (χ2v) is 5.71. The first-order valence-electron chi connectivity index (χ1n) is 7.62. The van der Waals surface area contributed by atoms with Crippen LogP contribution in [-0.4, -0.2) is 17.3 Å². The van der Waals surface area contributed by atoms with Crippen molar-refractivity contribution in [2.24, 2.45) is 0 Å². The Bertz CT molecular complexity index is 762. The molecule has 0 bridgehead atoms. The number of ketones is 1. The van der Waals surface area contributed by atoms with Crippen LogP contribution < -0.4 is 4.90 Å². The van der Waals surface area contributed by atoms with Crippen molar-refractivity contribution in [3.63, 3.8) is 0 Å². The molecule has 0 atom stereocenters. The molecule has 0 spiro atoms. The lowest BCUT2D eigenvalue weighted by Crippen LogP contribution is -2.23. The Balaban J connectivity index is 2.07. The monoisotopic (exact) mass is 292 g/mol. The summed E-state index contributed by atoms with van der Waals surface area (Å²) in [6, 6.07) is 8.54. The molecular formula is C19H20N2O. The number of anilines is 1. The molecule has 0 unspecified atom stereocenters. The third-order valence-corrected chi connectivity index (χ3v) is 4.21. The van der Waals surface area contributed by atoms with Gasteiger partial charge in [0.25, 0.3) is 0 Å². The number of aromatic nitrogens is 1. The van der Waals surface area contributed by atoms with Crippen LogP contribution in [0, 0.1) is 6.92 Å². The number of rotatable bonds is 3. The van der Waals surface area contributed by atoms with E-state index in [0.29, 0.717) is 0 Å². The SMILES string of the molecule is CCN1C=C(C(C)=O)Cc2ccc(-c3ccncc3C)cc21. The van der Waals surface area contributed by atoms with Gasteiger partial charge in [-0.05, 0) is 55.2 Å². The number of carbonyl (C=O) groups excluding carboxylic acids is 1. The van der Waals surface area contributed by atoms with Crippen molar-refractivity contribution in [2.45, 2.75) is 27.2 Å². The van der Waals surface area contributed by atoms with Crippen LogP contribution in [0.25, 0.3) is 11.1 Å². The summed E-state index contributed by atoms with van der Waals surface area (Å²) in [5, 5.41) is 0. The maximum Gasteiger partial charge on any atom is 0.157 e. The van der Waals surface area contributed by atoms with E-state index in [9.17, 15) is 4.79 Å². The van der Waals surface area contributed by atoms with Gasteiger partial charge in [-0.15, -0.1) is 0 Å². The number of fused-ring (bicyclic) bond motifs is 1. The van der Waals surface area contributed by atoms with Crippen LogP contribution in [0.3, 0.4) is 0 Å². The molecule has 3 rings (SSSR count). The summed E-state index contributed by atoms with van der Waals surface area (Å²) in [4.78, 5) is 18.0. The third-order valence-electron chi connectivity index (χ3n) is 4.21. The molecule has 1 aliphatic heterocycles. The Morgan fingerprint density at radius 2 is 2.14 bits per heavy atom. The fraction of sp³-hybridized carbons (Fsp3) is 0.263. The number of allylic oxidation sites excluding steroid dienone is 1. The molecule has 1 aromatic heterocycles. The minimum atomic E-state index is 0.151. The minimum Gasteiger partial charge on any atom is -0.348 e. The van der Waals surface area contributed by atoms with Crippen LogP contribution in [0.1, 0.15) is 25.0 Å². The number of carbonyl (C=O) groups is 1.